The number of sulfonamides is 1. The maximum absolute atomic E-state index is 12.7. The molecular formula is C19H23ClN2O3S. The Morgan fingerprint density at radius 2 is 1.58 bits per heavy atom. The Hall–Kier alpha value is -1.76. The third-order valence-corrected chi connectivity index (χ3v) is 6.40. The molecule has 0 bridgehead atoms. The minimum atomic E-state index is -3.58. The zero-order chi connectivity index (χ0) is 18.6. The lowest BCUT2D eigenvalue weighted by atomic mass is 9.91. The van der Waals surface area contributed by atoms with Gasteiger partial charge < -0.3 is 10.1 Å². The van der Waals surface area contributed by atoms with Crippen LogP contribution in [-0.4, -0.2) is 27.6 Å². The highest BCUT2D eigenvalue weighted by Crippen LogP contribution is 2.25. The predicted molar refractivity (Wildman–Crippen MR) is 104 cm³/mol. The van der Waals surface area contributed by atoms with Gasteiger partial charge in [-0.2, -0.15) is 0 Å². The zero-order valence-corrected chi connectivity index (χ0v) is 16.2. The fraction of sp³-hybridized carbons (Fsp3) is 0.368. The van der Waals surface area contributed by atoms with E-state index in [0.717, 1.165) is 37.1 Å². The number of ether oxygens (including phenoxy) is 1. The molecule has 0 spiro atoms. The van der Waals surface area contributed by atoms with Gasteiger partial charge in [-0.15, -0.1) is 0 Å². The lowest BCUT2D eigenvalue weighted by Gasteiger charge is -2.33. The summed E-state index contributed by atoms with van der Waals surface area (Å²) in [5, 5.41) is 3.98. The van der Waals surface area contributed by atoms with Crippen LogP contribution >= 0.6 is 11.6 Å². The fourth-order valence-corrected chi connectivity index (χ4v) is 4.66. The first-order chi connectivity index (χ1) is 12.5. The van der Waals surface area contributed by atoms with Gasteiger partial charge >= 0.3 is 0 Å². The highest BCUT2D eigenvalue weighted by molar-refractivity contribution is 7.89. The van der Waals surface area contributed by atoms with Gasteiger partial charge in [-0.05, 0) is 61.4 Å². The molecule has 1 fully saturated rings. The van der Waals surface area contributed by atoms with E-state index in [4.69, 9.17) is 16.3 Å². The van der Waals surface area contributed by atoms with Gasteiger partial charge in [0.2, 0.25) is 10.0 Å². The van der Waals surface area contributed by atoms with Crippen LogP contribution in [0.1, 0.15) is 25.7 Å². The molecule has 0 amide bonds. The Morgan fingerprint density at radius 1 is 0.962 bits per heavy atom. The van der Waals surface area contributed by atoms with E-state index in [9.17, 15) is 8.42 Å². The monoisotopic (exact) mass is 394 g/mol. The topological polar surface area (TPSA) is 67.4 Å². The van der Waals surface area contributed by atoms with Crippen molar-refractivity contribution in [3.8, 4) is 5.75 Å². The SMILES string of the molecule is COc1ccc(N[C@H]2CCCC[C@H]2NS(=O)(=O)c2ccc(Cl)cc2)cc1. The Balaban J connectivity index is 1.72. The smallest absolute Gasteiger partial charge is 0.240 e. The Bertz CT molecular complexity index is 823. The van der Waals surface area contributed by atoms with E-state index in [-0.39, 0.29) is 17.0 Å². The first kappa shape index (κ1) is 19.0. The molecule has 2 N–H and O–H groups in total. The van der Waals surface area contributed by atoms with Crippen LogP contribution in [0.4, 0.5) is 5.69 Å². The van der Waals surface area contributed by atoms with Gasteiger partial charge in [0.15, 0.2) is 0 Å². The predicted octanol–water partition coefficient (Wildman–Crippen LogP) is 4.05. The number of hydrogen-bond acceptors (Lipinski definition) is 4. The van der Waals surface area contributed by atoms with Crippen LogP contribution in [0.15, 0.2) is 53.4 Å². The molecule has 3 rings (SSSR count). The van der Waals surface area contributed by atoms with Crippen LogP contribution in [-0.2, 0) is 10.0 Å². The molecule has 5 nitrogen and oxygen atoms in total. The van der Waals surface area contributed by atoms with Gasteiger partial charge in [-0.3, -0.25) is 0 Å². The van der Waals surface area contributed by atoms with Gasteiger partial charge in [0.25, 0.3) is 0 Å². The first-order valence-electron chi connectivity index (χ1n) is 8.66. The molecule has 1 aliphatic carbocycles. The Kier molecular flexibility index (Phi) is 6.06. The zero-order valence-electron chi connectivity index (χ0n) is 14.6. The van der Waals surface area contributed by atoms with E-state index in [2.05, 4.69) is 10.0 Å². The number of hydrogen-bond donors (Lipinski definition) is 2. The molecule has 0 aliphatic heterocycles. The van der Waals surface area contributed by atoms with Crippen molar-refractivity contribution in [3.63, 3.8) is 0 Å². The van der Waals surface area contributed by atoms with Crippen molar-refractivity contribution in [1.29, 1.82) is 0 Å². The van der Waals surface area contributed by atoms with E-state index in [0.29, 0.717) is 5.02 Å². The highest BCUT2D eigenvalue weighted by Gasteiger charge is 2.29. The van der Waals surface area contributed by atoms with Gasteiger partial charge in [0.1, 0.15) is 5.75 Å². The summed E-state index contributed by atoms with van der Waals surface area (Å²) < 4.78 is 33.4. The normalized spacial score (nSPS) is 20.5. The average molecular weight is 395 g/mol. The quantitative estimate of drug-likeness (QED) is 0.775. The summed E-state index contributed by atoms with van der Waals surface area (Å²) in [6.07, 6.45) is 3.81. The second-order valence-corrected chi connectivity index (χ2v) is 8.60. The summed E-state index contributed by atoms with van der Waals surface area (Å²) in [5.41, 5.74) is 0.952. The van der Waals surface area contributed by atoms with E-state index >= 15 is 0 Å². The number of halogens is 1. The maximum Gasteiger partial charge on any atom is 0.240 e. The van der Waals surface area contributed by atoms with Gasteiger partial charge in [0, 0.05) is 22.8 Å². The summed E-state index contributed by atoms with van der Waals surface area (Å²) in [6, 6.07) is 13.8. The third-order valence-electron chi connectivity index (χ3n) is 4.64. The molecule has 2 aromatic rings. The molecule has 7 heteroatoms. The molecule has 140 valence electrons. The summed E-state index contributed by atoms with van der Waals surface area (Å²) in [7, 11) is -1.95. The number of benzene rings is 2. The number of nitrogens with one attached hydrogen (secondary N) is 2. The molecule has 0 radical (unpaired) electrons. The maximum atomic E-state index is 12.7. The van der Waals surface area contributed by atoms with E-state index in [1.54, 1.807) is 19.2 Å². The van der Waals surface area contributed by atoms with Gasteiger partial charge in [0.05, 0.1) is 12.0 Å². The van der Waals surface area contributed by atoms with Crippen LogP contribution in [0.5, 0.6) is 5.75 Å². The lowest BCUT2D eigenvalue weighted by molar-refractivity contribution is 0.378. The van der Waals surface area contributed by atoms with Crippen LogP contribution < -0.4 is 14.8 Å². The van der Waals surface area contributed by atoms with Crippen LogP contribution in [0.3, 0.4) is 0 Å². The third kappa shape index (κ3) is 4.69. The van der Waals surface area contributed by atoms with Crippen molar-refractivity contribution < 1.29 is 13.2 Å². The van der Waals surface area contributed by atoms with Gasteiger partial charge in [-0.25, -0.2) is 13.1 Å². The van der Waals surface area contributed by atoms with E-state index < -0.39 is 10.0 Å². The first-order valence-corrected chi connectivity index (χ1v) is 10.5. The van der Waals surface area contributed by atoms with Crippen molar-refractivity contribution in [2.45, 2.75) is 42.7 Å². The molecule has 0 unspecified atom stereocenters. The minimum Gasteiger partial charge on any atom is -0.497 e. The van der Waals surface area contributed by atoms with E-state index in [1.807, 2.05) is 24.3 Å². The molecule has 2 atom stereocenters. The largest absolute Gasteiger partial charge is 0.497 e. The second kappa shape index (κ2) is 8.29. The summed E-state index contributed by atoms with van der Waals surface area (Å²) in [5.74, 6) is 0.791. The molecule has 1 aliphatic rings. The molecule has 0 heterocycles. The Labute approximate surface area is 159 Å². The van der Waals surface area contributed by atoms with Crippen LogP contribution in [0.25, 0.3) is 0 Å². The summed E-state index contributed by atoms with van der Waals surface area (Å²) in [6.45, 7) is 0. The lowest BCUT2D eigenvalue weighted by Crippen LogP contribution is -2.48. The van der Waals surface area contributed by atoms with Crippen molar-refractivity contribution >= 4 is 27.3 Å². The van der Waals surface area contributed by atoms with Crippen molar-refractivity contribution in [3.05, 3.63) is 53.6 Å². The standard InChI is InChI=1S/C19H23ClN2O3S/c1-25-16-10-8-15(9-11-16)21-18-4-2-3-5-19(18)22-26(23,24)17-12-6-14(20)7-13-17/h6-13,18-19,21-22H,2-5H2,1H3/t18-,19+/m0/s1. The van der Waals surface area contributed by atoms with Crippen molar-refractivity contribution in [1.82, 2.24) is 4.72 Å². The average Bonchev–Trinajstić information content (AvgIpc) is 2.64. The number of rotatable bonds is 6. The highest BCUT2D eigenvalue weighted by atomic mass is 35.5. The van der Waals surface area contributed by atoms with Crippen molar-refractivity contribution in [2.24, 2.45) is 0 Å². The molecule has 0 saturated heterocycles. The molecule has 0 aromatic heterocycles. The van der Waals surface area contributed by atoms with E-state index in [1.165, 1.54) is 12.1 Å². The number of anilines is 1. The molecule has 26 heavy (non-hydrogen) atoms. The van der Waals surface area contributed by atoms with Crippen LogP contribution in [0, 0.1) is 0 Å². The number of methoxy groups -OCH3 is 1. The summed E-state index contributed by atoms with van der Waals surface area (Å²) >= 11 is 5.85. The van der Waals surface area contributed by atoms with Crippen LogP contribution in [0.2, 0.25) is 5.02 Å². The fourth-order valence-electron chi connectivity index (χ4n) is 3.23. The van der Waals surface area contributed by atoms with Gasteiger partial charge in [-0.1, -0.05) is 24.4 Å². The van der Waals surface area contributed by atoms with Crippen molar-refractivity contribution in [2.75, 3.05) is 12.4 Å². The molecule has 2 aromatic carbocycles. The minimum absolute atomic E-state index is 0.0409. The molecule has 1 saturated carbocycles. The second-order valence-electron chi connectivity index (χ2n) is 6.45. The summed E-state index contributed by atoms with van der Waals surface area (Å²) in [4.78, 5) is 0.232. The Morgan fingerprint density at radius 3 is 2.19 bits per heavy atom. The molecular weight excluding hydrogens is 372 g/mol.